The largest absolute Gasteiger partial charge is 0.345 e. The number of benzene rings is 1. The number of carbonyl (C=O) groups is 1. The molecule has 21 heavy (non-hydrogen) atoms. The quantitative estimate of drug-likeness (QED) is 0.925. The fourth-order valence-electron chi connectivity index (χ4n) is 2.88. The van der Waals surface area contributed by atoms with Crippen molar-refractivity contribution in [2.75, 3.05) is 10.7 Å². The fraction of sp³-hybridized carbons (Fsp3) is 0.250. The number of fused-ring (bicyclic) bond motifs is 1. The van der Waals surface area contributed by atoms with Crippen LogP contribution < -0.4 is 4.90 Å². The van der Waals surface area contributed by atoms with Crippen LogP contribution in [0.2, 0.25) is 0 Å². The zero-order valence-electron chi connectivity index (χ0n) is 11.5. The van der Waals surface area contributed by atoms with Crippen molar-refractivity contribution < 1.29 is 4.79 Å². The summed E-state index contributed by atoms with van der Waals surface area (Å²) in [6.07, 6.45) is 10.2. The highest BCUT2D eigenvalue weighted by molar-refractivity contribution is 8.01. The lowest BCUT2D eigenvalue weighted by Crippen LogP contribution is -2.34. The van der Waals surface area contributed by atoms with E-state index < -0.39 is 0 Å². The van der Waals surface area contributed by atoms with Crippen LogP contribution in [0.3, 0.4) is 0 Å². The second-order valence-corrected chi connectivity index (χ2v) is 6.31. The van der Waals surface area contributed by atoms with Crippen LogP contribution in [0.1, 0.15) is 12.8 Å². The first kappa shape index (κ1) is 12.7. The number of nitrogens with one attached hydrogen (secondary N) is 1. The highest BCUT2D eigenvalue weighted by atomic mass is 32.2. The van der Waals surface area contributed by atoms with Gasteiger partial charge in [-0.25, -0.2) is 4.98 Å². The Labute approximate surface area is 126 Å². The van der Waals surface area contributed by atoms with E-state index in [4.69, 9.17) is 0 Å². The number of hydrogen-bond donors (Lipinski definition) is 1. The first-order valence-corrected chi connectivity index (χ1v) is 8.10. The highest BCUT2D eigenvalue weighted by Crippen LogP contribution is 2.37. The maximum atomic E-state index is 12.3. The average Bonchev–Trinajstić information content (AvgIpc) is 3.13. The molecule has 1 fully saturated rings. The van der Waals surface area contributed by atoms with Crippen LogP contribution in [-0.4, -0.2) is 27.0 Å². The Morgan fingerprint density at radius 3 is 3.19 bits per heavy atom. The number of rotatable bonds is 2. The zero-order chi connectivity index (χ0) is 14.2. The molecule has 1 aliphatic heterocycles. The van der Waals surface area contributed by atoms with E-state index in [-0.39, 0.29) is 11.3 Å². The van der Waals surface area contributed by atoms with Crippen LogP contribution in [0.4, 0.5) is 5.69 Å². The van der Waals surface area contributed by atoms with Gasteiger partial charge in [-0.2, -0.15) is 0 Å². The minimum absolute atomic E-state index is 0.128. The van der Waals surface area contributed by atoms with E-state index in [9.17, 15) is 4.79 Å². The first-order chi connectivity index (χ1) is 10.3. The number of thioether (sulfide) groups is 1. The predicted octanol–water partition coefficient (Wildman–Crippen LogP) is 3.25. The van der Waals surface area contributed by atoms with Gasteiger partial charge in [0.25, 0.3) is 0 Å². The average molecular weight is 297 g/mol. The van der Waals surface area contributed by atoms with E-state index in [1.54, 1.807) is 18.1 Å². The molecule has 1 N–H and O–H groups in total. The first-order valence-electron chi connectivity index (χ1n) is 7.05. The number of amides is 1. The van der Waals surface area contributed by atoms with Gasteiger partial charge in [-0.15, -0.1) is 11.8 Å². The van der Waals surface area contributed by atoms with Gasteiger partial charge in [-0.3, -0.25) is 9.69 Å². The Morgan fingerprint density at radius 1 is 1.38 bits per heavy atom. The molecule has 5 heteroatoms. The van der Waals surface area contributed by atoms with Crippen LogP contribution in [0, 0.1) is 0 Å². The van der Waals surface area contributed by atoms with Crippen molar-refractivity contribution in [3.8, 4) is 0 Å². The standard InChI is InChI=1S/C16H15N3OS/c20-15-9-21-16(11-4-2-1-3-5-11)19(15)12-6-7-13-14(8-12)18-10-17-13/h1-2,4,6-8,10,16H,3,5,9H2,(H,17,18). The van der Waals surface area contributed by atoms with E-state index in [1.165, 1.54) is 5.57 Å². The van der Waals surface area contributed by atoms with Crippen molar-refractivity contribution in [2.24, 2.45) is 0 Å². The number of carbonyl (C=O) groups excluding carboxylic acids is 1. The number of anilines is 1. The summed E-state index contributed by atoms with van der Waals surface area (Å²) >= 11 is 1.72. The van der Waals surface area contributed by atoms with Crippen LogP contribution in [0.25, 0.3) is 11.0 Å². The fourth-order valence-corrected chi connectivity index (χ4v) is 4.12. The van der Waals surface area contributed by atoms with E-state index in [0.717, 1.165) is 29.6 Å². The Morgan fingerprint density at radius 2 is 2.33 bits per heavy atom. The van der Waals surface area contributed by atoms with Crippen LogP contribution >= 0.6 is 11.8 Å². The summed E-state index contributed by atoms with van der Waals surface area (Å²) < 4.78 is 0. The molecule has 4 nitrogen and oxygen atoms in total. The topological polar surface area (TPSA) is 49.0 Å². The summed E-state index contributed by atoms with van der Waals surface area (Å²) in [5.74, 6) is 0.728. The third kappa shape index (κ3) is 2.17. The molecule has 1 unspecified atom stereocenters. The van der Waals surface area contributed by atoms with Gasteiger partial charge in [-0.05, 0) is 36.6 Å². The third-order valence-electron chi connectivity index (χ3n) is 3.91. The van der Waals surface area contributed by atoms with Crippen molar-refractivity contribution in [3.05, 3.63) is 48.3 Å². The van der Waals surface area contributed by atoms with Crippen molar-refractivity contribution in [1.82, 2.24) is 9.97 Å². The molecule has 2 aliphatic rings. The number of imidazole rings is 1. The molecular weight excluding hydrogens is 282 g/mol. The van der Waals surface area contributed by atoms with Gasteiger partial charge in [0.2, 0.25) is 5.91 Å². The van der Waals surface area contributed by atoms with E-state index in [0.29, 0.717) is 5.75 Å². The van der Waals surface area contributed by atoms with Gasteiger partial charge < -0.3 is 4.98 Å². The van der Waals surface area contributed by atoms with Crippen molar-refractivity contribution in [1.29, 1.82) is 0 Å². The van der Waals surface area contributed by atoms with Crippen LogP contribution in [0.15, 0.2) is 48.3 Å². The Bertz CT molecular complexity index is 762. The van der Waals surface area contributed by atoms with Gasteiger partial charge in [0.15, 0.2) is 0 Å². The molecule has 1 saturated heterocycles. The molecule has 0 spiro atoms. The molecule has 106 valence electrons. The smallest absolute Gasteiger partial charge is 0.238 e. The molecule has 4 rings (SSSR count). The van der Waals surface area contributed by atoms with Crippen LogP contribution in [-0.2, 0) is 4.79 Å². The summed E-state index contributed by atoms with van der Waals surface area (Å²) in [5, 5.41) is 0.128. The van der Waals surface area contributed by atoms with Gasteiger partial charge in [-0.1, -0.05) is 18.2 Å². The SMILES string of the molecule is O=C1CSC(C2=CC=CCC2)N1c1ccc2nc[nH]c2c1. The number of H-pyrrole nitrogens is 1. The van der Waals surface area contributed by atoms with Gasteiger partial charge in [0, 0.05) is 5.69 Å². The second-order valence-electron chi connectivity index (χ2n) is 5.24. The second kappa shape index (κ2) is 5.07. The monoisotopic (exact) mass is 297 g/mol. The van der Waals surface area contributed by atoms with Gasteiger partial charge >= 0.3 is 0 Å². The predicted molar refractivity (Wildman–Crippen MR) is 86.3 cm³/mol. The summed E-state index contributed by atoms with van der Waals surface area (Å²) in [7, 11) is 0. The van der Waals surface area contributed by atoms with Gasteiger partial charge in [0.05, 0.1) is 23.1 Å². The number of aromatic nitrogens is 2. The maximum Gasteiger partial charge on any atom is 0.238 e. The number of nitrogens with zero attached hydrogens (tertiary/aromatic N) is 2. The Kier molecular flexibility index (Phi) is 3.07. The number of allylic oxidation sites excluding steroid dienone is 3. The Hall–Kier alpha value is -2.01. The molecule has 1 atom stereocenters. The molecule has 2 heterocycles. The summed E-state index contributed by atoms with van der Waals surface area (Å²) in [5.41, 5.74) is 4.17. The third-order valence-corrected chi connectivity index (χ3v) is 5.16. The lowest BCUT2D eigenvalue weighted by molar-refractivity contribution is -0.115. The molecule has 2 aromatic rings. The molecule has 0 saturated carbocycles. The zero-order valence-corrected chi connectivity index (χ0v) is 12.3. The minimum Gasteiger partial charge on any atom is -0.345 e. The minimum atomic E-state index is 0.128. The van der Waals surface area contributed by atoms with E-state index in [1.807, 2.05) is 23.1 Å². The molecule has 1 aromatic carbocycles. The van der Waals surface area contributed by atoms with Crippen molar-refractivity contribution in [2.45, 2.75) is 18.2 Å². The lowest BCUT2D eigenvalue weighted by Gasteiger charge is -2.27. The molecular formula is C16H15N3OS. The summed E-state index contributed by atoms with van der Waals surface area (Å²) in [6, 6.07) is 5.96. The molecule has 0 bridgehead atoms. The normalized spacial score (nSPS) is 22.1. The Balaban J connectivity index is 1.74. The molecule has 1 aliphatic carbocycles. The highest BCUT2D eigenvalue weighted by Gasteiger charge is 2.35. The van der Waals surface area contributed by atoms with Crippen molar-refractivity contribution >= 4 is 34.4 Å². The van der Waals surface area contributed by atoms with Crippen molar-refractivity contribution in [3.63, 3.8) is 0 Å². The molecule has 1 aromatic heterocycles. The summed E-state index contributed by atoms with van der Waals surface area (Å²) in [6.45, 7) is 0. The maximum absolute atomic E-state index is 12.3. The molecule has 0 radical (unpaired) electrons. The van der Waals surface area contributed by atoms with Gasteiger partial charge in [0.1, 0.15) is 5.37 Å². The number of hydrogen-bond acceptors (Lipinski definition) is 3. The van der Waals surface area contributed by atoms with Crippen LogP contribution in [0.5, 0.6) is 0 Å². The molecule has 1 amide bonds. The lowest BCUT2D eigenvalue weighted by atomic mass is 10.0. The van der Waals surface area contributed by atoms with E-state index >= 15 is 0 Å². The summed E-state index contributed by atoms with van der Waals surface area (Å²) in [4.78, 5) is 21.6. The van der Waals surface area contributed by atoms with E-state index in [2.05, 4.69) is 28.2 Å². The number of aromatic amines is 1.